The minimum atomic E-state index is -3.70. The Morgan fingerprint density at radius 2 is 2.10 bits per heavy atom. The zero-order valence-corrected chi connectivity index (χ0v) is 16.9. The summed E-state index contributed by atoms with van der Waals surface area (Å²) in [4.78, 5) is 8.74. The number of halogens is 1. The molecule has 1 fully saturated rings. The Morgan fingerprint density at radius 3 is 2.86 bits per heavy atom. The molecule has 0 spiro atoms. The molecule has 29 heavy (non-hydrogen) atoms. The minimum Gasteiger partial charge on any atom is -0.322 e. The highest BCUT2D eigenvalue weighted by Crippen LogP contribution is 2.39. The summed E-state index contributed by atoms with van der Waals surface area (Å²) < 4.78 is 27.0. The van der Waals surface area contributed by atoms with Gasteiger partial charge in [0.1, 0.15) is 5.02 Å². The van der Waals surface area contributed by atoms with E-state index in [1.165, 1.54) is 18.3 Å². The van der Waals surface area contributed by atoms with Crippen LogP contribution in [-0.2, 0) is 10.0 Å². The van der Waals surface area contributed by atoms with Gasteiger partial charge in [-0.25, -0.2) is 23.1 Å². The Bertz CT molecular complexity index is 1130. The van der Waals surface area contributed by atoms with Crippen LogP contribution in [0.1, 0.15) is 24.5 Å². The standard InChI is InChI=1S/C18H19ClN7O2S/c19-14-10-21-17(12-2-1-3-13(8-12)29(27,28)22-7-6-20)24-18(14)23-16-9-15(25-26-16)11-4-5-11/h1-3,8-11,20,22H,4-7H2,(H2,21,23,24,25,26). The summed E-state index contributed by atoms with van der Waals surface area (Å²) in [5.41, 5.74) is 8.72. The van der Waals surface area contributed by atoms with E-state index in [0.29, 0.717) is 34.0 Å². The molecule has 1 radical (unpaired) electrons. The average molecular weight is 433 g/mol. The first kappa shape index (κ1) is 19.8. The van der Waals surface area contributed by atoms with Gasteiger partial charge >= 0.3 is 0 Å². The fraction of sp³-hybridized carbons (Fsp3) is 0.278. The number of rotatable bonds is 8. The molecule has 9 nitrogen and oxygen atoms in total. The highest BCUT2D eigenvalue weighted by Gasteiger charge is 2.25. The second kappa shape index (κ2) is 8.07. The first-order valence-corrected chi connectivity index (χ1v) is 10.9. The van der Waals surface area contributed by atoms with E-state index in [0.717, 1.165) is 18.5 Å². The lowest BCUT2D eigenvalue weighted by Gasteiger charge is -2.09. The van der Waals surface area contributed by atoms with Crippen LogP contribution in [0.15, 0.2) is 41.4 Å². The predicted octanol–water partition coefficient (Wildman–Crippen LogP) is 2.70. The maximum Gasteiger partial charge on any atom is 0.240 e. The smallest absolute Gasteiger partial charge is 0.240 e. The molecule has 1 saturated carbocycles. The van der Waals surface area contributed by atoms with Crippen molar-refractivity contribution in [3.63, 3.8) is 0 Å². The molecule has 1 aromatic carbocycles. The van der Waals surface area contributed by atoms with E-state index < -0.39 is 10.0 Å². The highest BCUT2D eigenvalue weighted by atomic mass is 35.5. The zero-order chi connectivity index (χ0) is 20.4. The number of aromatic nitrogens is 4. The Balaban J connectivity index is 1.60. The van der Waals surface area contributed by atoms with E-state index in [4.69, 9.17) is 17.3 Å². The molecule has 0 atom stereocenters. The molecule has 4 N–H and O–H groups in total. The number of hydrogen-bond acceptors (Lipinski definition) is 6. The maximum atomic E-state index is 12.3. The van der Waals surface area contributed by atoms with Crippen molar-refractivity contribution in [1.29, 1.82) is 0 Å². The molecule has 11 heteroatoms. The Labute approximate surface area is 173 Å². The van der Waals surface area contributed by atoms with Crippen molar-refractivity contribution in [3.05, 3.63) is 47.2 Å². The minimum absolute atomic E-state index is 0.0378. The topological polar surface area (TPSA) is 136 Å². The number of sulfonamides is 1. The van der Waals surface area contributed by atoms with E-state index in [1.807, 2.05) is 6.07 Å². The lowest BCUT2D eigenvalue weighted by atomic mass is 10.2. The van der Waals surface area contributed by atoms with Gasteiger partial charge in [-0.15, -0.1) is 0 Å². The summed E-state index contributed by atoms with van der Waals surface area (Å²) >= 11 is 6.23. The molecule has 2 heterocycles. The Morgan fingerprint density at radius 1 is 1.28 bits per heavy atom. The molecular formula is C18H19ClN7O2S. The molecule has 4 rings (SSSR count). The van der Waals surface area contributed by atoms with E-state index >= 15 is 0 Å². The zero-order valence-electron chi connectivity index (χ0n) is 15.3. The highest BCUT2D eigenvalue weighted by molar-refractivity contribution is 7.89. The number of nitrogens with one attached hydrogen (secondary N) is 4. The second-order valence-corrected chi connectivity index (χ2v) is 8.85. The van der Waals surface area contributed by atoms with Crippen molar-refractivity contribution in [2.45, 2.75) is 23.7 Å². The maximum absolute atomic E-state index is 12.3. The van der Waals surface area contributed by atoms with Crippen LogP contribution in [-0.4, -0.2) is 41.7 Å². The lowest BCUT2D eigenvalue weighted by molar-refractivity contribution is 0.582. The molecule has 0 unspecified atom stereocenters. The van der Waals surface area contributed by atoms with Gasteiger partial charge in [-0.3, -0.25) is 10.8 Å². The summed E-state index contributed by atoms with van der Waals surface area (Å²) in [5.74, 6) is 1.86. The number of benzene rings is 1. The fourth-order valence-corrected chi connectivity index (χ4v) is 4.01. The van der Waals surface area contributed by atoms with E-state index in [9.17, 15) is 8.42 Å². The van der Waals surface area contributed by atoms with E-state index in [-0.39, 0.29) is 18.0 Å². The van der Waals surface area contributed by atoms with Crippen molar-refractivity contribution < 1.29 is 8.42 Å². The lowest BCUT2D eigenvalue weighted by Crippen LogP contribution is -2.27. The van der Waals surface area contributed by atoms with Crippen LogP contribution in [0.2, 0.25) is 5.02 Å². The summed E-state index contributed by atoms with van der Waals surface area (Å²) in [5, 5.41) is 10.6. The van der Waals surface area contributed by atoms with Gasteiger partial charge in [0.25, 0.3) is 0 Å². The van der Waals surface area contributed by atoms with Crippen LogP contribution in [0.3, 0.4) is 0 Å². The van der Waals surface area contributed by atoms with E-state index in [2.05, 4.69) is 30.2 Å². The number of anilines is 2. The Kier molecular flexibility index (Phi) is 5.50. The van der Waals surface area contributed by atoms with Gasteiger partial charge in [-0.2, -0.15) is 5.10 Å². The van der Waals surface area contributed by atoms with Gasteiger partial charge in [0.15, 0.2) is 17.5 Å². The Hall–Kier alpha value is -2.53. The van der Waals surface area contributed by atoms with Crippen LogP contribution in [0.5, 0.6) is 0 Å². The number of nitrogens with zero attached hydrogens (tertiary/aromatic N) is 3. The SMILES string of the molecule is [NH]CCNS(=O)(=O)c1cccc(-c2ncc(Cl)c(Nc3cc(C4CC4)[nH]n3)n2)c1. The first-order chi connectivity index (χ1) is 14.0. The summed E-state index contributed by atoms with van der Waals surface area (Å²) in [6.07, 6.45) is 3.78. The van der Waals surface area contributed by atoms with Crippen molar-refractivity contribution in [2.75, 3.05) is 18.4 Å². The summed E-state index contributed by atoms with van der Waals surface area (Å²) in [6, 6.07) is 8.23. The normalized spacial score (nSPS) is 14.1. The summed E-state index contributed by atoms with van der Waals surface area (Å²) in [7, 11) is -3.70. The van der Waals surface area contributed by atoms with Gasteiger partial charge in [0, 0.05) is 36.3 Å². The molecule has 0 amide bonds. The molecule has 151 valence electrons. The number of hydrogen-bond donors (Lipinski definition) is 3. The van der Waals surface area contributed by atoms with Gasteiger partial charge in [0.05, 0.1) is 11.1 Å². The van der Waals surface area contributed by atoms with Crippen molar-refractivity contribution in [1.82, 2.24) is 30.6 Å². The number of aromatic amines is 1. The largest absolute Gasteiger partial charge is 0.322 e. The van der Waals surface area contributed by atoms with Gasteiger partial charge in [-0.05, 0) is 25.0 Å². The third-order valence-corrected chi connectivity index (χ3v) is 6.16. The van der Waals surface area contributed by atoms with Crippen molar-refractivity contribution in [3.8, 4) is 11.4 Å². The van der Waals surface area contributed by atoms with Crippen LogP contribution in [0.25, 0.3) is 11.4 Å². The van der Waals surface area contributed by atoms with Crippen LogP contribution in [0, 0.1) is 0 Å². The third kappa shape index (κ3) is 4.56. The molecule has 1 aliphatic rings. The van der Waals surface area contributed by atoms with Crippen LogP contribution >= 0.6 is 11.6 Å². The van der Waals surface area contributed by atoms with Crippen LogP contribution < -0.4 is 15.8 Å². The molecular weight excluding hydrogens is 414 g/mol. The fourth-order valence-electron chi connectivity index (χ4n) is 2.79. The van der Waals surface area contributed by atoms with Crippen molar-refractivity contribution >= 4 is 33.3 Å². The van der Waals surface area contributed by atoms with E-state index in [1.54, 1.807) is 12.1 Å². The second-order valence-electron chi connectivity index (χ2n) is 6.67. The van der Waals surface area contributed by atoms with Gasteiger partial charge in [-0.1, -0.05) is 23.7 Å². The van der Waals surface area contributed by atoms with Crippen molar-refractivity contribution in [2.24, 2.45) is 0 Å². The molecule has 0 saturated heterocycles. The first-order valence-electron chi connectivity index (χ1n) is 9.06. The molecule has 0 aliphatic heterocycles. The third-order valence-electron chi connectivity index (χ3n) is 4.43. The molecule has 3 aromatic rings. The molecule has 1 aliphatic carbocycles. The average Bonchev–Trinajstić information content (AvgIpc) is 3.47. The van der Waals surface area contributed by atoms with Crippen LogP contribution in [0.4, 0.5) is 11.6 Å². The summed E-state index contributed by atoms with van der Waals surface area (Å²) in [6.45, 7) is 0.00841. The monoisotopic (exact) mass is 432 g/mol. The quantitative estimate of drug-likeness (QED) is 0.500. The predicted molar refractivity (Wildman–Crippen MR) is 109 cm³/mol. The molecule has 2 aromatic heterocycles. The molecule has 0 bridgehead atoms. The number of H-pyrrole nitrogens is 1. The van der Waals surface area contributed by atoms with Gasteiger partial charge < -0.3 is 5.32 Å². The van der Waals surface area contributed by atoms with Gasteiger partial charge in [0.2, 0.25) is 10.0 Å².